The summed E-state index contributed by atoms with van der Waals surface area (Å²) in [5, 5.41) is 17.1. The number of pyridine rings is 1. The Morgan fingerprint density at radius 2 is 1.67 bits per heavy atom. The first-order valence-electron chi connectivity index (χ1n) is 17.3. The molecule has 0 bridgehead atoms. The van der Waals surface area contributed by atoms with Gasteiger partial charge in [-0.15, -0.1) is 0 Å². The first-order valence-corrected chi connectivity index (χ1v) is 17.3. The normalized spacial score (nSPS) is 12.8. The Kier molecular flexibility index (Phi) is 10.8. The van der Waals surface area contributed by atoms with E-state index in [2.05, 4.69) is 46.0 Å². The predicted molar refractivity (Wildman–Crippen MR) is 203 cm³/mol. The van der Waals surface area contributed by atoms with Crippen molar-refractivity contribution < 1.29 is 18.7 Å². The van der Waals surface area contributed by atoms with Crippen LogP contribution in [0.15, 0.2) is 102 Å². The van der Waals surface area contributed by atoms with E-state index in [0.29, 0.717) is 73.6 Å². The molecule has 3 aromatic carbocycles. The molecular weight excluding hydrogens is 691 g/mol. The van der Waals surface area contributed by atoms with Crippen molar-refractivity contribution in [3.8, 4) is 0 Å². The Bertz CT molecular complexity index is 2330. The number of halogens is 1. The number of aromatic amines is 1. The number of carbonyl (C=O) groups is 2. The van der Waals surface area contributed by atoms with Crippen molar-refractivity contribution in [2.24, 2.45) is 0 Å². The number of amides is 2. The number of ether oxygens (including phenoxy) is 1. The summed E-state index contributed by atoms with van der Waals surface area (Å²) in [5.41, 5.74) is 3.02. The number of methoxy groups -OCH3 is 1. The van der Waals surface area contributed by atoms with Crippen LogP contribution in [-0.2, 0) is 11.2 Å². The van der Waals surface area contributed by atoms with Gasteiger partial charge in [0.05, 0.1) is 23.3 Å². The molecule has 4 N–H and O–H groups in total. The van der Waals surface area contributed by atoms with Gasteiger partial charge in [0.1, 0.15) is 23.0 Å². The SMILES string of the molecule is COCCNC(=O)c1cnc(Nc2ccc(N3CCN(C(=O)c4cc(Cc5n[nH]c(=O)c6ccccc56)ccc4F)CC3)cc2)nc1Nc1ccccn1. The van der Waals surface area contributed by atoms with Crippen molar-refractivity contribution in [3.05, 3.63) is 136 Å². The zero-order chi connectivity index (χ0) is 37.4. The Morgan fingerprint density at radius 1 is 0.889 bits per heavy atom. The third-order valence-corrected chi connectivity index (χ3v) is 9.00. The van der Waals surface area contributed by atoms with Gasteiger partial charge in [0.15, 0.2) is 0 Å². The van der Waals surface area contributed by atoms with Crippen molar-refractivity contribution in [2.75, 3.05) is 62.0 Å². The second-order valence-electron chi connectivity index (χ2n) is 12.5. The molecule has 0 saturated carbocycles. The summed E-state index contributed by atoms with van der Waals surface area (Å²) < 4.78 is 20.1. The number of rotatable bonds is 12. The van der Waals surface area contributed by atoms with E-state index >= 15 is 4.39 Å². The fourth-order valence-electron chi connectivity index (χ4n) is 6.19. The van der Waals surface area contributed by atoms with E-state index in [4.69, 9.17) is 4.74 Å². The van der Waals surface area contributed by atoms with E-state index in [-0.39, 0.29) is 40.3 Å². The monoisotopic (exact) mass is 728 g/mol. The summed E-state index contributed by atoms with van der Waals surface area (Å²) in [6, 6.07) is 24.8. The lowest BCUT2D eigenvalue weighted by Gasteiger charge is -2.36. The summed E-state index contributed by atoms with van der Waals surface area (Å²) in [6.45, 7) is 2.66. The first kappa shape index (κ1) is 35.7. The maximum atomic E-state index is 15.0. The second kappa shape index (κ2) is 16.3. The van der Waals surface area contributed by atoms with Crippen LogP contribution in [0.1, 0.15) is 32.0 Å². The largest absolute Gasteiger partial charge is 0.383 e. The average Bonchev–Trinajstić information content (AvgIpc) is 3.20. The third-order valence-electron chi connectivity index (χ3n) is 9.00. The first-order chi connectivity index (χ1) is 26.4. The molecule has 7 rings (SSSR count). The minimum atomic E-state index is -0.586. The van der Waals surface area contributed by atoms with Crippen LogP contribution < -0.4 is 26.4 Å². The quantitative estimate of drug-likeness (QED) is 0.129. The summed E-state index contributed by atoms with van der Waals surface area (Å²) in [6.07, 6.45) is 3.41. The second-order valence-corrected chi connectivity index (χ2v) is 12.5. The van der Waals surface area contributed by atoms with Gasteiger partial charge in [-0.3, -0.25) is 14.4 Å². The van der Waals surface area contributed by atoms with Gasteiger partial charge in [0.2, 0.25) is 5.95 Å². The van der Waals surface area contributed by atoms with Crippen LogP contribution in [0.5, 0.6) is 0 Å². The molecule has 6 aromatic rings. The molecule has 1 aliphatic rings. The summed E-state index contributed by atoms with van der Waals surface area (Å²) in [4.78, 5) is 55.7. The van der Waals surface area contributed by atoms with Crippen molar-refractivity contribution >= 4 is 51.5 Å². The van der Waals surface area contributed by atoms with E-state index in [1.807, 2.05) is 42.5 Å². The fraction of sp³-hybridized carbons (Fsp3) is 0.205. The van der Waals surface area contributed by atoms with E-state index in [1.165, 1.54) is 12.3 Å². The summed E-state index contributed by atoms with van der Waals surface area (Å²) in [7, 11) is 1.56. The highest BCUT2D eigenvalue weighted by Crippen LogP contribution is 2.25. The van der Waals surface area contributed by atoms with Crippen LogP contribution in [0.3, 0.4) is 0 Å². The smallest absolute Gasteiger partial charge is 0.272 e. The number of piperazine rings is 1. The van der Waals surface area contributed by atoms with Gasteiger partial charge in [-0.1, -0.05) is 30.3 Å². The van der Waals surface area contributed by atoms with Crippen LogP contribution in [0, 0.1) is 5.82 Å². The van der Waals surface area contributed by atoms with Gasteiger partial charge >= 0.3 is 0 Å². The molecule has 1 fully saturated rings. The van der Waals surface area contributed by atoms with Gasteiger partial charge in [0.25, 0.3) is 17.4 Å². The molecule has 0 spiro atoms. The van der Waals surface area contributed by atoms with Crippen LogP contribution in [-0.4, -0.2) is 88.3 Å². The molecule has 4 heterocycles. The molecule has 2 amide bonds. The highest BCUT2D eigenvalue weighted by molar-refractivity contribution is 5.99. The molecule has 1 saturated heterocycles. The lowest BCUT2D eigenvalue weighted by atomic mass is 10.0. The molecule has 0 unspecified atom stereocenters. The summed E-state index contributed by atoms with van der Waals surface area (Å²) >= 11 is 0. The molecule has 3 aromatic heterocycles. The Hall–Kier alpha value is -6.74. The van der Waals surface area contributed by atoms with Gasteiger partial charge in [-0.2, -0.15) is 10.1 Å². The molecule has 274 valence electrons. The van der Waals surface area contributed by atoms with Gasteiger partial charge < -0.3 is 30.5 Å². The average molecular weight is 729 g/mol. The van der Waals surface area contributed by atoms with E-state index < -0.39 is 5.82 Å². The lowest BCUT2D eigenvalue weighted by Crippen LogP contribution is -2.49. The number of benzene rings is 3. The van der Waals surface area contributed by atoms with Crippen molar-refractivity contribution in [2.45, 2.75) is 6.42 Å². The zero-order valence-corrected chi connectivity index (χ0v) is 29.4. The van der Waals surface area contributed by atoms with Crippen LogP contribution in [0.4, 0.5) is 33.3 Å². The number of aromatic nitrogens is 5. The minimum absolute atomic E-state index is 0.00506. The molecule has 14 nitrogen and oxygen atoms in total. The van der Waals surface area contributed by atoms with E-state index in [0.717, 1.165) is 11.4 Å². The number of fused-ring (bicyclic) bond motifs is 1. The molecule has 0 aliphatic carbocycles. The highest BCUT2D eigenvalue weighted by Gasteiger charge is 2.25. The van der Waals surface area contributed by atoms with Crippen molar-refractivity contribution in [1.29, 1.82) is 0 Å². The van der Waals surface area contributed by atoms with Crippen LogP contribution in [0.2, 0.25) is 0 Å². The predicted octanol–water partition coefficient (Wildman–Crippen LogP) is 4.66. The van der Waals surface area contributed by atoms with Crippen molar-refractivity contribution in [1.82, 2.24) is 35.4 Å². The number of carbonyl (C=O) groups excluding carboxylic acids is 2. The molecule has 54 heavy (non-hydrogen) atoms. The number of anilines is 5. The topological polar surface area (TPSA) is 170 Å². The van der Waals surface area contributed by atoms with Crippen LogP contribution in [0.25, 0.3) is 10.8 Å². The highest BCUT2D eigenvalue weighted by atomic mass is 19.1. The number of nitrogens with zero attached hydrogens (tertiary/aromatic N) is 6. The maximum Gasteiger partial charge on any atom is 0.272 e. The molecule has 1 aliphatic heterocycles. The van der Waals surface area contributed by atoms with Gasteiger partial charge in [0, 0.05) is 75.4 Å². The fourth-order valence-corrected chi connectivity index (χ4v) is 6.19. The van der Waals surface area contributed by atoms with Gasteiger partial charge in [-0.25, -0.2) is 19.5 Å². The summed E-state index contributed by atoms with van der Waals surface area (Å²) in [5.74, 6) is -0.222. The Morgan fingerprint density at radius 3 is 2.43 bits per heavy atom. The molecular formula is C39H37FN10O4. The maximum absolute atomic E-state index is 15.0. The van der Waals surface area contributed by atoms with Crippen molar-refractivity contribution in [3.63, 3.8) is 0 Å². The molecule has 0 radical (unpaired) electrons. The minimum Gasteiger partial charge on any atom is -0.383 e. The Labute approximate surface area is 309 Å². The molecule has 0 atom stereocenters. The van der Waals surface area contributed by atoms with E-state index in [9.17, 15) is 14.4 Å². The molecule has 15 heteroatoms. The number of hydrogen-bond donors (Lipinski definition) is 4. The lowest BCUT2D eigenvalue weighted by molar-refractivity contribution is 0.0741. The number of H-pyrrole nitrogens is 1. The number of nitrogens with one attached hydrogen (secondary N) is 4. The third kappa shape index (κ3) is 8.16. The van der Waals surface area contributed by atoms with E-state index in [1.54, 1.807) is 54.6 Å². The Balaban J connectivity index is 0.983. The van der Waals surface area contributed by atoms with Crippen LogP contribution >= 0.6 is 0 Å². The standard InChI is InChI=1S/C39H37FN10O4/c1-54-21-16-42-36(51)31-24-43-39(46-35(31)45-34-8-4-5-15-41-34)44-26-10-12-27(13-11-26)49-17-19-50(20-18-49)38(53)30-22-25(9-14-32(30)40)23-33-28-6-2-3-7-29(28)37(52)48-47-33/h2-15,22,24H,16-21,23H2,1H3,(H,42,51)(H,48,52)(H2,41,43,44,45,46). The van der Waals surface area contributed by atoms with Gasteiger partial charge in [-0.05, 0) is 60.2 Å². The zero-order valence-electron chi connectivity index (χ0n) is 29.4. The number of hydrogen-bond acceptors (Lipinski definition) is 11.